The third-order valence-electron chi connectivity index (χ3n) is 4.87. The average Bonchev–Trinajstić information content (AvgIpc) is 2.77. The molecule has 8 heteroatoms. The monoisotopic (exact) mass is 526 g/mol. The first-order valence-corrected chi connectivity index (χ1v) is 10.1. The molecule has 1 saturated heterocycles. The fourth-order valence-electron chi connectivity index (χ4n) is 3.34. The van der Waals surface area contributed by atoms with Gasteiger partial charge in [-0.1, -0.05) is 12.1 Å². The molecule has 1 aliphatic heterocycles. The van der Waals surface area contributed by atoms with Gasteiger partial charge in [0.2, 0.25) is 5.88 Å². The number of pyridine rings is 1. The minimum absolute atomic E-state index is 0. The Hall–Kier alpha value is -2.07. The number of piperidine rings is 1. The zero-order valence-electron chi connectivity index (χ0n) is 17.8. The second-order valence-electron chi connectivity index (χ2n) is 6.83. The van der Waals surface area contributed by atoms with Crippen molar-refractivity contribution in [3.05, 3.63) is 48.2 Å². The van der Waals surface area contributed by atoms with Gasteiger partial charge in [0.15, 0.2) is 5.96 Å². The van der Waals surface area contributed by atoms with Gasteiger partial charge in [0.1, 0.15) is 11.5 Å². The lowest BCUT2D eigenvalue weighted by Crippen LogP contribution is -2.46. The van der Waals surface area contributed by atoms with Gasteiger partial charge < -0.3 is 24.4 Å². The predicted octanol–water partition coefficient (Wildman–Crippen LogP) is 4.08. The number of aromatic nitrogens is 1. The zero-order valence-corrected chi connectivity index (χ0v) is 20.2. The molecule has 1 aromatic heterocycles. The number of methoxy groups -OCH3 is 1. The zero-order chi connectivity index (χ0) is 20.5. The van der Waals surface area contributed by atoms with Gasteiger partial charge in [0, 0.05) is 51.6 Å². The first-order chi connectivity index (χ1) is 14.2. The van der Waals surface area contributed by atoms with Crippen molar-refractivity contribution in [2.45, 2.75) is 32.4 Å². The summed E-state index contributed by atoms with van der Waals surface area (Å²) in [5, 5.41) is 3.42. The van der Waals surface area contributed by atoms with E-state index in [2.05, 4.69) is 20.2 Å². The van der Waals surface area contributed by atoms with Crippen LogP contribution in [0.4, 0.5) is 0 Å². The van der Waals surface area contributed by atoms with Crippen molar-refractivity contribution in [2.75, 3.05) is 33.9 Å². The summed E-state index contributed by atoms with van der Waals surface area (Å²) in [6, 6.07) is 11.3. The molecule has 1 N–H and O–H groups in total. The number of ether oxygens (including phenoxy) is 3. The SMILES string of the molecule is CCOC1CCN(C(=NC)NCc2ccc(Oc3cccc(OC)c3)nc2)CC1.I. The molecule has 1 aliphatic rings. The Morgan fingerprint density at radius 1 is 1.20 bits per heavy atom. The van der Waals surface area contributed by atoms with Crippen LogP contribution < -0.4 is 14.8 Å². The van der Waals surface area contributed by atoms with Crippen LogP contribution in [0.3, 0.4) is 0 Å². The number of halogens is 1. The minimum atomic E-state index is 0. The van der Waals surface area contributed by atoms with E-state index in [4.69, 9.17) is 14.2 Å². The number of nitrogens with zero attached hydrogens (tertiary/aromatic N) is 3. The highest BCUT2D eigenvalue weighted by Gasteiger charge is 2.21. The summed E-state index contributed by atoms with van der Waals surface area (Å²) in [6.45, 7) is 5.40. The van der Waals surface area contributed by atoms with Gasteiger partial charge in [-0.15, -0.1) is 24.0 Å². The van der Waals surface area contributed by atoms with Crippen molar-refractivity contribution in [3.63, 3.8) is 0 Å². The lowest BCUT2D eigenvalue weighted by Gasteiger charge is -2.34. The summed E-state index contributed by atoms with van der Waals surface area (Å²) in [4.78, 5) is 11.1. The van der Waals surface area contributed by atoms with Gasteiger partial charge >= 0.3 is 0 Å². The Morgan fingerprint density at radius 2 is 1.97 bits per heavy atom. The van der Waals surface area contributed by atoms with Crippen molar-refractivity contribution in [2.24, 2.45) is 4.99 Å². The van der Waals surface area contributed by atoms with Gasteiger partial charge in [-0.2, -0.15) is 0 Å². The summed E-state index contributed by atoms with van der Waals surface area (Å²) >= 11 is 0. The topological polar surface area (TPSA) is 68.2 Å². The molecule has 0 spiro atoms. The van der Waals surface area contributed by atoms with Gasteiger partial charge in [0.05, 0.1) is 13.2 Å². The molecular formula is C22H31IN4O3. The molecule has 1 aromatic carbocycles. The Kier molecular flexibility index (Phi) is 10.2. The maximum absolute atomic E-state index is 5.79. The maximum Gasteiger partial charge on any atom is 0.219 e. The van der Waals surface area contributed by atoms with Gasteiger partial charge in [-0.25, -0.2) is 4.98 Å². The van der Waals surface area contributed by atoms with Crippen LogP contribution in [0.1, 0.15) is 25.3 Å². The van der Waals surface area contributed by atoms with Crippen LogP contribution in [0.2, 0.25) is 0 Å². The molecule has 30 heavy (non-hydrogen) atoms. The van der Waals surface area contributed by atoms with E-state index in [1.54, 1.807) is 7.11 Å². The highest BCUT2D eigenvalue weighted by molar-refractivity contribution is 14.0. The average molecular weight is 526 g/mol. The molecule has 0 unspecified atom stereocenters. The summed E-state index contributed by atoms with van der Waals surface area (Å²) in [5.41, 5.74) is 1.06. The van der Waals surface area contributed by atoms with E-state index in [0.717, 1.165) is 49.8 Å². The number of hydrogen-bond acceptors (Lipinski definition) is 5. The summed E-state index contributed by atoms with van der Waals surface area (Å²) in [6.07, 6.45) is 4.26. The molecule has 164 valence electrons. The van der Waals surface area contributed by atoms with Crippen LogP contribution >= 0.6 is 24.0 Å². The van der Waals surface area contributed by atoms with Crippen LogP contribution in [0.15, 0.2) is 47.6 Å². The van der Waals surface area contributed by atoms with Crippen LogP contribution in [0.25, 0.3) is 0 Å². The molecule has 0 radical (unpaired) electrons. The van der Waals surface area contributed by atoms with Crippen LogP contribution in [-0.4, -0.2) is 55.8 Å². The normalized spacial score (nSPS) is 14.8. The Bertz CT molecular complexity index is 793. The lowest BCUT2D eigenvalue weighted by molar-refractivity contribution is 0.0263. The molecule has 2 heterocycles. The fourth-order valence-corrected chi connectivity index (χ4v) is 3.34. The molecule has 0 aliphatic carbocycles. The second kappa shape index (κ2) is 12.6. The van der Waals surface area contributed by atoms with E-state index in [1.165, 1.54) is 0 Å². The largest absolute Gasteiger partial charge is 0.497 e. The summed E-state index contributed by atoms with van der Waals surface area (Å²) in [5.74, 6) is 2.90. The molecule has 3 rings (SSSR count). The molecule has 0 atom stereocenters. The lowest BCUT2D eigenvalue weighted by atomic mass is 10.1. The highest BCUT2D eigenvalue weighted by atomic mass is 127. The molecule has 0 amide bonds. The predicted molar refractivity (Wildman–Crippen MR) is 129 cm³/mol. The second-order valence-corrected chi connectivity index (χ2v) is 6.83. The Morgan fingerprint density at radius 3 is 2.60 bits per heavy atom. The van der Waals surface area contributed by atoms with Crippen LogP contribution in [-0.2, 0) is 11.3 Å². The first kappa shape index (κ1) is 24.2. The van der Waals surface area contributed by atoms with E-state index < -0.39 is 0 Å². The number of likely N-dealkylation sites (tertiary alicyclic amines) is 1. The van der Waals surface area contributed by atoms with E-state index in [1.807, 2.05) is 56.6 Å². The van der Waals surface area contributed by atoms with Gasteiger partial charge in [-0.3, -0.25) is 4.99 Å². The number of nitrogens with one attached hydrogen (secondary N) is 1. The van der Waals surface area contributed by atoms with E-state index in [0.29, 0.717) is 24.3 Å². The van der Waals surface area contributed by atoms with Crippen LogP contribution in [0, 0.1) is 0 Å². The molecule has 0 bridgehead atoms. The number of rotatable bonds is 7. The third-order valence-corrected chi connectivity index (χ3v) is 4.87. The number of guanidine groups is 1. The third kappa shape index (κ3) is 7.02. The number of hydrogen-bond donors (Lipinski definition) is 1. The number of aliphatic imine (C=N–C) groups is 1. The van der Waals surface area contributed by atoms with Gasteiger partial charge in [-0.05, 0) is 37.5 Å². The fraction of sp³-hybridized carbons (Fsp3) is 0.455. The van der Waals surface area contributed by atoms with E-state index >= 15 is 0 Å². The van der Waals surface area contributed by atoms with Crippen molar-refractivity contribution in [1.82, 2.24) is 15.2 Å². The van der Waals surface area contributed by atoms with Crippen molar-refractivity contribution < 1.29 is 14.2 Å². The molecule has 7 nitrogen and oxygen atoms in total. The maximum atomic E-state index is 5.79. The van der Waals surface area contributed by atoms with E-state index in [-0.39, 0.29) is 24.0 Å². The standard InChI is InChI=1S/C22H30N4O3.HI/c1-4-28-18-10-12-26(13-11-18)22(23-2)25-16-17-8-9-21(24-15-17)29-20-7-5-6-19(14-20)27-3;/h5-9,14-15,18H,4,10-13,16H2,1-3H3,(H,23,25);1H. The summed E-state index contributed by atoms with van der Waals surface area (Å²) in [7, 11) is 3.45. The number of benzene rings is 1. The smallest absolute Gasteiger partial charge is 0.219 e. The Labute approximate surface area is 195 Å². The van der Waals surface area contributed by atoms with Crippen molar-refractivity contribution >= 4 is 29.9 Å². The molecular weight excluding hydrogens is 495 g/mol. The Balaban J connectivity index is 0.00000320. The van der Waals surface area contributed by atoms with Crippen molar-refractivity contribution in [3.8, 4) is 17.4 Å². The minimum Gasteiger partial charge on any atom is -0.497 e. The van der Waals surface area contributed by atoms with Gasteiger partial charge in [0.25, 0.3) is 0 Å². The quantitative estimate of drug-likeness (QED) is 0.333. The highest BCUT2D eigenvalue weighted by Crippen LogP contribution is 2.23. The molecule has 0 saturated carbocycles. The van der Waals surface area contributed by atoms with Crippen LogP contribution in [0.5, 0.6) is 17.4 Å². The molecule has 2 aromatic rings. The van der Waals surface area contributed by atoms with E-state index in [9.17, 15) is 0 Å². The summed E-state index contributed by atoms with van der Waals surface area (Å²) < 4.78 is 16.7. The first-order valence-electron chi connectivity index (χ1n) is 10.1. The molecule has 1 fully saturated rings. The van der Waals surface area contributed by atoms with Crippen molar-refractivity contribution in [1.29, 1.82) is 0 Å².